The fourth-order valence-corrected chi connectivity index (χ4v) is 3.29. The number of rotatable bonds is 0. The van der Waals surface area contributed by atoms with E-state index in [2.05, 4.69) is 26.8 Å². The maximum Gasteiger partial charge on any atom is 0.0724 e. The van der Waals surface area contributed by atoms with Crippen LogP contribution in [0.15, 0.2) is 0 Å². The van der Waals surface area contributed by atoms with Crippen molar-refractivity contribution < 1.29 is 4.74 Å². The fraction of sp³-hybridized carbons (Fsp3) is 0.929. The van der Waals surface area contributed by atoms with E-state index in [-0.39, 0.29) is 11.5 Å². The number of hydrogen-bond acceptors (Lipinski definition) is 2. The first-order valence-corrected chi connectivity index (χ1v) is 6.49. The lowest BCUT2D eigenvalue weighted by Gasteiger charge is -2.41. The van der Waals surface area contributed by atoms with Crippen molar-refractivity contribution in [2.24, 2.45) is 17.3 Å². The Kier molecular flexibility index (Phi) is 3.01. The van der Waals surface area contributed by atoms with E-state index < -0.39 is 0 Å². The highest BCUT2D eigenvalue weighted by atomic mass is 16.5. The van der Waals surface area contributed by atoms with E-state index in [0.717, 1.165) is 25.2 Å². The lowest BCUT2D eigenvalue weighted by atomic mass is 9.67. The monoisotopic (exact) mass is 221 g/mol. The first-order valence-electron chi connectivity index (χ1n) is 6.49. The molecule has 2 fully saturated rings. The van der Waals surface area contributed by atoms with Gasteiger partial charge in [0.15, 0.2) is 0 Å². The van der Waals surface area contributed by atoms with Gasteiger partial charge in [0.1, 0.15) is 0 Å². The summed E-state index contributed by atoms with van der Waals surface area (Å²) in [5.41, 5.74) is 0.497. The topological polar surface area (TPSA) is 33.0 Å². The second-order valence-corrected chi connectivity index (χ2v) is 6.66. The van der Waals surface area contributed by atoms with Crippen LogP contribution >= 0.6 is 0 Å². The van der Waals surface area contributed by atoms with E-state index in [1.165, 1.54) is 12.8 Å². The van der Waals surface area contributed by atoms with Crippen LogP contribution in [-0.4, -0.2) is 12.2 Å². The molecule has 1 atom stereocenters. The molecule has 0 amide bonds. The van der Waals surface area contributed by atoms with Crippen molar-refractivity contribution in [1.29, 1.82) is 5.26 Å². The third kappa shape index (κ3) is 2.25. The van der Waals surface area contributed by atoms with Gasteiger partial charge in [-0.3, -0.25) is 0 Å². The van der Waals surface area contributed by atoms with Gasteiger partial charge in [0.2, 0.25) is 0 Å². The summed E-state index contributed by atoms with van der Waals surface area (Å²) in [5, 5.41) is 8.93. The Bertz CT molecular complexity index is 289. The van der Waals surface area contributed by atoms with Gasteiger partial charge in [0.25, 0.3) is 0 Å². The highest BCUT2D eigenvalue weighted by Crippen LogP contribution is 2.47. The largest absolute Gasteiger partial charge is 0.374 e. The average molecular weight is 221 g/mol. The second-order valence-electron chi connectivity index (χ2n) is 6.66. The van der Waals surface area contributed by atoms with Crippen molar-refractivity contribution in [2.75, 3.05) is 6.61 Å². The Labute approximate surface area is 99.0 Å². The smallest absolute Gasteiger partial charge is 0.0724 e. The maximum atomic E-state index is 8.93. The molecule has 0 aromatic carbocycles. The third-order valence-corrected chi connectivity index (χ3v) is 4.51. The summed E-state index contributed by atoms with van der Waals surface area (Å²) >= 11 is 0. The minimum Gasteiger partial charge on any atom is -0.374 e. The van der Waals surface area contributed by atoms with Crippen LogP contribution in [-0.2, 0) is 4.74 Å². The zero-order valence-corrected chi connectivity index (χ0v) is 10.8. The summed E-state index contributed by atoms with van der Waals surface area (Å²) in [6.45, 7) is 7.67. The van der Waals surface area contributed by atoms with Gasteiger partial charge in [-0.15, -0.1) is 0 Å². The molecule has 1 saturated carbocycles. The van der Waals surface area contributed by atoms with Crippen LogP contribution in [0.5, 0.6) is 0 Å². The van der Waals surface area contributed by atoms with Crippen LogP contribution in [0, 0.1) is 28.6 Å². The van der Waals surface area contributed by atoms with Crippen molar-refractivity contribution in [1.82, 2.24) is 0 Å². The lowest BCUT2D eigenvalue weighted by Crippen LogP contribution is -2.37. The summed E-state index contributed by atoms with van der Waals surface area (Å²) < 4.78 is 5.92. The van der Waals surface area contributed by atoms with Crippen LogP contribution in [0.2, 0.25) is 0 Å². The van der Waals surface area contributed by atoms with Gasteiger partial charge in [-0.2, -0.15) is 5.26 Å². The normalized spacial score (nSPS) is 39.9. The Morgan fingerprint density at radius 3 is 2.31 bits per heavy atom. The second kappa shape index (κ2) is 4.04. The lowest BCUT2D eigenvalue weighted by molar-refractivity contribution is -0.0464. The van der Waals surface area contributed by atoms with E-state index in [9.17, 15) is 0 Å². The molecule has 0 aromatic rings. The SMILES string of the molecule is CC(C)(C)C1CCC2(CC1)CC(C#N)CO2. The first kappa shape index (κ1) is 11.9. The maximum absolute atomic E-state index is 8.93. The van der Waals surface area contributed by atoms with Gasteiger partial charge in [-0.25, -0.2) is 0 Å². The van der Waals surface area contributed by atoms with E-state index in [1.807, 2.05) is 0 Å². The molecule has 0 bridgehead atoms. The van der Waals surface area contributed by atoms with Crippen molar-refractivity contribution in [2.45, 2.75) is 58.5 Å². The molecule has 1 unspecified atom stereocenters. The predicted octanol–water partition coefficient (Wildman–Crippen LogP) is 3.52. The van der Waals surface area contributed by atoms with Crippen molar-refractivity contribution in [3.63, 3.8) is 0 Å². The quantitative estimate of drug-likeness (QED) is 0.627. The van der Waals surface area contributed by atoms with Crippen molar-refractivity contribution in [3.8, 4) is 6.07 Å². The summed E-state index contributed by atoms with van der Waals surface area (Å²) in [4.78, 5) is 0. The van der Waals surface area contributed by atoms with Crippen LogP contribution in [0.25, 0.3) is 0 Å². The molecule has 1 heterocycles. The molecule has 2 rings (SSSR count). The molecule has 90 valence electrons. The molecular weight excluding hydrogens is 198 g/mol. The molecular formula is C14H23NO. The molecule has 1 saturated heterocycles. The minimum absolute atomic E-state index is 0.0716. The summed E-state index contributed by atoms with van der Waals surface area (Å²) in [6.07, 6.45) is 5.82. The average Bonchev–Trinajstić information content (AvgIpc) is 2.61. The number of ether oxygens (including phenoxy) is 1. The first-order chi connectivity index (χ1) is 7.45. The van der Waals surface area contributed by atoms with Crippen LogP contribution in [0.3, 0.4) is 0 Å². The standard InChI is InChI=1S/C14H23NO/c1-13(2,3)12-4-6-14(7-5-12)8-11(9-15)10-16-14/h11-12H,4-8,10H2,1-3H3. The van der Waals surface area contributed by atoms with E-state index in [0.29, 0.717) is 12.0 Å². The third-order valence-electron chi connectivity index (χ3n) is 4.51. The van der Waals surface area contributed by atoms with Crippen LogP contribution in [0.4, 0.5) is 0 Å². The van der Waals surface area contributed by atoms with Gasteiger partial charge < -0.3 is 4.74 Å². The van der Waals surface area contributed by atoms with E-state index in [4.69, 9.17) is 10.00 Å². The number of nitriles is 1. The van der Waals surface area contributed by atoms with Crippen molar-refractivity contribution >= 4 is 0 Å². The highest BCUT2D eigenvalue weighted by Gasteiger charge is 2.44. The molecule has 0 N–H and O–H groups in total. The van der Waals surface area contributed by atoms with E-state index in [1.54, 1.807) is 0 Å². The van der Waals surface area contributed by atoms with Gasteiger partial charge >= 0.3 is 0 Å². The minimum atomic E-state index is 0.0716. The van der Waals surface area contributed by atoms with Crippen molar-refractivity contribution in [3.05, 3.63) is 0 Å². The fourth-order valence-electron chi connectivity index (χ4n) is 3.29. The summed E-state index contributed by atoms with van der Waals surface area (Å²) in [6, 6.07) is 2.35. The zero-order chi connectivity index (χ0) is 11.8. The predicted molar refractivity (Wildman–Crippen MR) is 63.8 cm³/mol. The van der Waals surface area contributed by atoms with Gasteiger partial charge in [0.05, 0.1) is 24.2 Å². The van der Waals surface area contributed by atoms with Gasteiger partial charge in [-0.1, -0.05) is 20.8 Å². The molecule has 1 spiro atoms. The van der Waals surface area contributed by atoms with Gasteiger partial charge in [-0.05, 0) is 43.4 Å². The van der Waals surface area contributed by atoms with Gasteiger partial charge in [0, 0.05) is 0 Å². The molecule has 2 aliphatic rings. The number of nitrogens with zero attached hydrogens (tertiary/aromatic N) is 1. The molecule has 0 aromatic heterocycles. The summed E-state index contributed by atoms with van der Waals surface area (Å²) in [7, 11) is 0. The Morgan fingerprint density at radius 1 is 1.25 bits per heavy atom. The highest BCUT2D eigenvalue weighted by molar-refractivity contribution is 5.00. The molecule has 1 aliphatic carbocycles. The van der Waals surface area contributed by atoms with Crippen LogP contribution < -0.4 is 0 Å². The molecule has 16 heavy (non-hydrogen) atoms. The Balaban J connectivity index is 1.93. The number of hydrogen-bond donors (Lipinski definition) is 0. The Morgan fingerprint density at radius 2 is 1.88 bits per heavy atom. The zero-order valence-electron chi connectivity index (χ0n) is 10.8. The molecule has 2 nitrogen and oxygen atoms in total. The Hall–Kier alpha value is -0.550. The molecule has 2 heteroatoms. The van der Waals surface area contributed by atoms with E-state index >= 15 is 0 Å². The summed E-state index contributed by atoms with van der Waals surface area (Å²) in [5.74, 6) is 0.967. The molecule has 1 aliphatic heterocycles. The molecule has 0 radical (unpaired) electrons. The van der Waals surface area contributed by atoms with Crippen LogP contribution in [0.1, 0.15) is 52.9 Å².